The van der Waals surface area contributed by atoms with E-state index in [1.165, 1.54) is 42.7 Å². The van der Waals surface area contributed by atoms with Crippen LogP contribution in [0.1, 0.15) is 0 Å². The molecule has 0 fully saturated rings. The van der Waals surface area contributed by atoms with Gasteiger partial charge in [-0.1, -0.05) is 0 Å². The van der Waals surface area contributed by atoms with Gasteiger partial charge in [-0.2, -0.15) is 0 Å². The van der Waals surface area contributed by atoms with Crippen molar-refractivity contribution in [1.29, 1.82) is 0 Å². The predicted octanol–water partition coefficient (Wildman–Crippen LogP) is 3.52. The number of rotatable bonds is 8. The third-order valence-electron chi connectivity index (χ3n) is 4.80. The Morgan fingerprint density at radius 2 is 1.23 bits per heavy atom. The first-order valence-corrected chi connectivity index (χ1v) is 9.14. The summed E-state index contributed by atoms with van der Waals surface area (Å²) in [6.07, 6.45) is 0. The largest absolute Gasteiger partial charge is 0.497 e. The topological polar surface area (TPSA) is 94.8 Å². The Balaban J connectivity index is 2.53. The molecule has 31 heavy (non-hydrogen) atoms. The Kier molecular flexibility index (Phi) is 6.33. The molecular formula is C22H24O9. The molecule has 0 atom stereocenters. The molecule has 3 rings (SSSR count). The molecule has 0 N–H and O–H groups in total. The molecule has 0 aliphatic heterocycles. The monoisotopic (exact) mass is 432 g/mol. The maximum Gasteiger partial charge on any atom is 0.239 e. The highest BCUT2D eigenvalue weighted by atomic mass is 16.5. The van der Waals surface area contributed by atoms with E-state index >= 15 is 0 Å². The summed E-state index contributed by atoms with van der Waals surface area (Å²) in [5, 5.41) is 0.0880. The van der Waals surface area contributed by atoms with Gasteiger partial charge >= 0.3 is 0 Å². The summed E-state index contributed by atoms with van der Waals surface area (Å²) in [5.41, 5.74) is 0.110. The molecular weight excluding hydrogens is 408 g/mol. The molecule has 0 aliphatic rings. The maximum absolute atomic E-state index is 13.5. The Hall–Kier alpha value is -3.75. The van der Waals surface area contributed by atoms with Crippen LogP contribution >= 0.6 is 0 Å². The normalized spacial score (nSPS) is 10.5. The van der Waals surface area contributed by atoms with Crippen LogP contribution in [-0.2, 0) is 0 Å². The van der Waals surface area contributed by atoms with Gasteiger partial charge in [-0.3, -0.25) is 4.79 Å². The summed E-state index contributed by atoms with van der Waals surface area (Å²) < 4.78 is 44.2. The van der Waals surface area contributed by atoms with Crippen molar-refractivity contribution in [2.24, 2.45) is 0 Å². The number of ether oxygens (including phenoxy) is 7. The molecule has 0 spiro atoms. The van der Waals surface area contributed by atoms with Crippen LogP contribution in [-0.4, -0.2) is 49.8 Å². The number of benzene rings is 2. The van der Waals surface area contributed by atoms with Gasteiger partial charge in [-0.05, 0) is 12.1 Å². The van der Waals surface area contributed by atoms with Crippen LogP contribution in [0.15, 0.2) is 27.4 Å². The second-order valence-electron chi connectivity index (χ2n) is 6.20. The molecule has 0 saturated carbocycles. The quantitative estimate of drug-likeness (QED) is 0.530. The summed E-state index contributed by atoms with van der Waals surface area (Å²) in [4.78, 5) is 13.5. The Morgan fingerprint density at radius 1 is 0.645 bits per heavy atom. The Morgan fingerprint density at radius 3 is 1.74 bits per heavy atom. The second kappa shape index (κ2) is 8.95. The van der Waals surface area contributed by atoms with E-state index in [0.29, 0.717) is 17.1 Å². The van der Waals surface area contributed by atoms with Crippen molar-refractivity contribution in [2.75, 3.05) is 49.8 Å². The van der Waals surface area contributed by atoms with Crippen molar-refractivity contribution in [3.8, 4) is 51.6 Å². The third kappa shape index (κ3) is 3.41. The molecule has 9 heteroatoms. The first-order chi connectivity index (χ1) is 15.0. The molecule has 3 aromatic rings. The fraction of sp³-hybridized carbons (Fsp3) is 0.318. The average molecular weight is 432 g/mol. The summed E-state index contributed by atoms with van der Waals surface area (Å²) >= 11 is 0. The van der Waals surface area contributed by atoms with E-state index in [4.69, 9.17) is 37.6 Å². The van der Waals surface area contributed by atoms with E-state index in [2.05, 4.69) is 0 Å². The van der Waals surface area contributed by atoms with E-state index in [1.807, 2.05) is 0 Å². The van der Waals surface area contributed by atoms with Gasteiger partial charge in [-0.25, -0.2) is 0 Å². The molecule has 0 amide bonds. The summed E-state index contributed by atoms with van der Waals surface area (Å²) in [6.45, 7) is 0. The zero-order chi connectivity index (χ0) is 22.7. The molecule has 1 aromatic heterocycles. The number of fused-ring (bicyclic) bond motifs is 1. The minimum atomic E-state index is -0.479. The van der Waals surface area contributed by atoms with E-state index < -0.39 is 5.43 Å². The van der Waals surface area contributed by atoms with Crippen LogP contribution < -0.4 is 38.6 Å². The number of methoxy groups -OCH3 is 7. The van der Waals surface area contributed by atoms with Crippen molar-refractivity contribution < 1.29 is 37.6 Å². The van der Waals surface area contributed by atoms with E-state index in [1.54, 1.807) is 25.3 Å². The van der Waals surface area contributed by atoms with Crippen LogP contribution in [0.2, 0.25) is 0 Å². The van der Waals surface area contributed by atoms with Gasteiger partial charge in [0.05, 0.1) is 55.3 Å². The van der Waals surface area contributed by atoms with E-state index in [0.717, 1.165) is 0 Å². The molecule has 0 bridgehead atoms. The average Bonchev–Trinajstić information content (AvgIpc) is 2.81. The predicted molar refractivity (Wildman–Crippen MR) is 114 cm³/mol. The van der Waals surface area contributed by atoms with Crippen LogP contribution in [0.4, 0.5) is 0 Å². The standard InChI is InChI=1S/C22H24O9/c1-24-11-8-9-12(13(10-11)25-2)16-19(27-4)15(23)14-17(26-3)20(28-5)22(30-7)21(29-6)18(14)31-16/h8-10H,1-7H3. The highest BCUT2D eigenvalue weighted by Gasteiger charge is 2.30. The van der Waals surface area contributed by atoms with Gasteiger partial charge in [0.15, 0.2) is 17.1 Å². The van der Waals surface area contributed by atoms with E-state index in [9.17, 15) is 4.79 Å². The first-order valence-electron chi connectivity index (χ1n) is 9.14. The number of hydrogen-bond donors (Lipinski definition) is 0. The Labute approximate surface area is 178 Å². The zero-order valence-corrected chi connectivity index (χ0v) is 18.4. The third-order valence-corrected chi connectivity index (χ3v) is 4.80. The van der Waals surface area contributed by atoms with Crippen molar-refractivity contribution in [2.45, 2.75) is 0 Å². The maximum atomic E-state index is 13.5. The Bertz CT molecular complexity index is 1160. The van der Waals surface area contributed by atoms with Crippen LogP contribution in [0, 0.1) is 0 Å². The fourth-order valence-electron chi connectivity index (χ4n) is 3.41. The molecule has 9 nitrogen and oxygen atoms in total. The SMILES string of the molecule is COc1ccc(-c2oc3c(OC)c(OC)c(OC)c(OC)c3c(=O)c2OC)c(OC)c1. The molecule has 0 aliphatic carbocycles. The molecule has 0 radical (unpaired) electrons. The lowest BCUT2D eigenvalue weighted by atomic mass is 10.1. The minimum Gasteiger partial charge on any atom is -0.497 e. The van der Waals surface area contributed by atoms with Crippen molar-refractivity contribution in [1.82, 2.24) is 0 Å². The van der Waals surface area contributed by atoms with Gasteiger partial charge in [0.1, 0.15) is 16.9 Å². The van der Waals surface area contributed by atoms with Gasteiger partial charge < -0.3 is 37.6 Å². The lowest BCUT2D eigenvalue weighted by molar-refractivity contribution is 0.306. The summed E-state index contributed by atoms with van der Waals surface area (Å²) in [5.74, 6) is 1.82. The van der Waals surface area contributed by atoms with Crippen LogP contribution in [0.3, 0.4) is 0 Å². The van der Waals surface area contributed by atoms with Crippen molar-refractivity contribution in [3.05, 3.63) is 28.4 Å². The van der Waals surface area contributed by atoms with Gasteiger partial charge in [0.25, 0.3) is 0 Å². The molecule has 1 heterocycles. The summed E-state index contributed by atoms with van der Waals surface area (Å²) in [7, 11) is 10.1. The molecule has 0 unspecified atom stereocenters. The van der Waals surface area contributed by atoms with Gasteiger partial charge in [-0.15, -0.1) is 0 Å². The minimum absolute atomic E-state index is 0.0384. The highest BCUT2D eigenvalue weighted by molar-refractivity contribution is 5.97. The lowest BCUT2D eigenvalue weighted by Crippen LogP contribution is -2.11. The second-order valence-corrected chi connectivity index (χ2v) is 6.20. The molecule has 2 aromatic carbocycles. The van der Waals surface area contributed by atoms with Crippen molar-refractivity contribution in [3.63, 3.8) is 0 Å². The molecule has 0 saturated heterocycles. The smallest absolute Gasteiger partial charge is 0.239 e. The van der Waals surface area contributed by atoms with Crippen molar-refractivity contribution >= 4 is 11.0 Å². The lowest BCUT2D eigenvalue weighted by Gasteiger charge is -2.19. The number of hydrogen-bond acceptors (Lipinski definition) is 9. The van der Waals surface area contributed by atoms with Gasteiger partial charge in [0.2, 0.25) is 28.4 Å². The van der Waals surface area contributed by atoms with Crippen LogP contribution in [0.5, 0.6) is 40.2 Å². The summed E-state index contributed by atoms with van der Waals surface area (Å²) in [6, 6.07) is 5.09. The highest BCUT2D eigenvalue weighted by Crippen LogP contribution is 2.51. The van der Waals surface area contributed by atoms with Gasteiger partial charge in [0, 0.05) is 6.07 Å². The fourth-order valence-corrected chi connectivity index (χ4v) is 3.41. The zero-order valence-electron chi connectivity index (χ0n) is 18.4. The first kappa shape index (κ1) is 21.9. The van der Waals surface area contributed by atoms with E-state index in [-0.39, 0.29) is 45.5 Å². The van der Waals surface area contributed by atoms with Crippen LogP contribution in [0.25, 0.3) is 22.3 Å². The molecule has 166 valence electrons.